The summed E-state index contributed by atoms with van der Waals surface area (Å²) >= 11 is 0. The monoisotopic (exact) mass is 343 g/mol. The zero-order valence-corrected chi connectivity index (χ0v) is 13.7. The summed E-state index contributed by atoms with van der Waals surface area (Å²) in [6.07, 6.45) is 0.717. The maximum Gasteiger partial charge on any atom is 0.252 e. The number of benzene rings is 1. The van der Waals surface area contributed by atoms with Gasteiger partial charge in [0, 0.05) is 13.2 Å². The van der Waals surface area contributed by atoms with E-state index in [1.165, 1.54) is 17.0 Å². The fourth-order valence-corrected chi connectivity index (χ4v) is 2.80. The Morgan fingerprint density at radius 2 is 2.20 bits per heavy atom. The van der Waals surface area contributed by atoms with Crippen LogP contribution in [0, 0.1) is 5.82 Å². The number of halogens is 1. The lowest BCUT2D eigenvalue weighted by Crippen LogP contribution is -2.52. The molecule has 1 aliphatic rings. The molecule has 1 N–H and O–H groups in total. The highest BCUT2D eigenvalue weighted by molar-refractivity contribution is 5.86. The Labute approximate surface area is 144 Å². The van der Waals surface area contributed by atoms with E-state index in [1.54, 1.807) is 37.5 Å². The van der Waals surface area contributed by atoms with E-state index in [9.17, 15) is 14.0 Å². The molecule has 0 unspecified atom stereocenters. The number of morpholine rings is 1. The van der Waals surface area contributed by atoms with Gasteiger partial charge in [0.2, 0.25) is 5.91 Å². The third kappa shape index (κ3) is 3.83. The maximum atomic E-state index is 13.6. The van der Waals surface area contributed by atoms with E-state index >= 15 is 0 Å². The van der Waals surface area contributed by atoms with Gasteiger partial charge in [-0.15, -0.1) is 0 Å². The molecule has 3 rings (SSSR count). The molecule has 1 aromatic heterocycles. The zero-order chi connectivity index (χ0) is 17.8. The van der Waals surface area contributed by atoms with E-state index in [4.69, 9.17) is 4.74 Å². The topological polar surface area (TPSA) is 71.5 Å². The summed E-state index contributed by atoms with van der Waals surface area (Å²) in [5, 5.41) is 2.76. The first kappa shape index (κ1) is 17.0. The first-order valence-electron chi connectivity index (χ1n) is 7.86. The van der Waals surface area contributed by atoms with Crippen molar-refractivity contribution in [1.82, 2.24) is 15.2 Å². The zero-order valence-electron chi connectivity index (χ0n) is 13.7. The van der Waals surface area contributed by atoms with Crippen molar-refractivity contribution < 1.29 is 18.7 Å². The first-order valence-corrected chi connectivity index (χ1v) is 7.86. The third-order valence-electron chi connectivity index (χ3n) is 4.10. The minimum atomic E-state index is -0.923. The molecule has 2 amide bonds. The molecule has 0 saturated carbocycles. The van der Waals surface area contributed by atoms with Crippen molar-refractivity contribution in [2.45, 2.75) is 18.7 Å². The van der Waals surface area contributed by atoms with Crippen LogP contribution in [0.2, 0.25) is 0 Å². The molecule has 0 radical (unpaired) electrons. The lowest BCUT2D eigenvalue weighted by Gasteiger charge is -2.38. The Kier molecular flexibility index (Phi) is 5.04. The van der Waals surface area contributed by atoms with Crippen molar-refractivity contribution in [3.63, 3.8) is 0 Å². The molecule has 7 heteroatoms. The largest absolute Gasteiger partial charge is 0.356 e. The van der Waals surface area contributed by atoms with Gasteiger partial charge in [-0.25, -0.2) is 4.39 Å². The third-order valence-corrected chi connectivity index (χ3v) is 4.10. The highest BCUT2D eigenvalue weighted by Gasteiger charge is 2.40. The molecule has 1 fully saturated rings. The van der Waals surface area contributed by atoms with Gasteiger partial charge in [-0.3, -0.25) is 14.6 Å². The van der Waals surface area contributed by atoms with Gasteiger partial charge in [-0.2, -0.15) is 0 Å². The van der Waals surface area contributed by atoms with Crippen LogP contribution in [0.3, 0.4) is 0 Å². The van der Waals surface area contributed by atoms with Crippen LogP contribution < -0.4 is 5.32 Å². The van der Waals surface area contributed by atoms with Crippen molar-refractivity contribution in [2.75, 3.05) is 13.7 Å². The first-order chi connectivity index (χ1) is 12.1. The lowest BCUT2D eigenvalue weighted by atomic mass is 9.97. The van der Waals surface area contributed by atoms with Crippen LogP contribution in [0.25, 0.3) is 0 Å². The quantitative estimate of drug-likeness (QED) is 0.912. The van der Waals surface area contributed by atoms with Gasteiger partial charge in [0.05, 0.1) is 18.3 Å². The van der Waals surface area contributed by atoms with Crippen LogP contribution in [0.4, 0.5) is 4.39 Å². The number of rotatable bonds is 4. The van der Waals surface area contributed by atoms with Crippen LogP contribution in [0.1, 0.15) is 17.3 Å². The van der Waals surface area contributed by atoms with Gasteiger partial charge in [0.15, 0.2) is 6.10 Å². The lowest BCUT2D eigenvalue weighted by molar-refractivity contribution is -0.162. The van der Waals surface area contributed by atoms with Crippen LogP contribution in [0.15, 0.2) is 48.7 Å². The van der Waals surface area contributed by atoms with Crippen LogP contribution in [-0.2, 0) is 20.9 Å². The molecule has 130 valence electrons. The highest BCUT2D eigenvalue weighted by atomic mass is 19.1. The van der Waals surface area contributed by atoms with E-state index in [2.05, 4.69) is 10.3 Å². The fourth-order valence-electron chi connectivity index (χ4n) is 2.80. The van der Waals surface area contributed by atoms with E-state index < -0.39 is 18.0 Å². The van der Waals surface area contributed by atoms with Crippen LogP contribution >= 0.6 is 0 Å². The second-order valence-corrected chi connectivity index (χ2v) is 5.77. The van der Waals surface area contributed by atoms with E-state index in [1.807, 2.05) is 6.07 Å². The number of aromatic nitrogens is 1. The number of carbonyl (C=O) groups is 2. The average Bonchev–Trinajstić information content (AvgIpc) is 2.62. The number of nitrogens with one attached hydrogen (secondary N) is 1. The molecule has 1 saturated heterocycles. The Morgan fingerprint density at radius 3 is 2.92 bits per heavy atom. The molecule has 0 aliphatic carbocycles. The van der Waals surface area contributed by atoms with Gasteiger partial charge >= 0.3 is 0 Å². The number of amides is 2. The Morgan fingerprint density at radius 1 is 1.36 bits per heavy atom. The maximum absolute atomic E-state index is 13.6. The number of pyridine rings is 1. The minimum absolute atomic E-state index is 0.190. The number of hydrogen-bond acceptors (Lipinski definition) is 4. The molecule has 2 heterocycles. The molecule has 1 aromatic carbocycles. The van der Waals surface area contributed by atoms with Gasteiger partial charge in [0.25, 0.3) is 5.91 Å². The van der Waals surface area contributed by atoms with Crippen molar-refractivity contribution in [3.05, 3.63) is 65.7 Å². The predicted octanol–water partition coefficient (Wildman–Crippen LogP) is 1.44. The van der Waals surface area contributed by atoms with Crippen LogP contribution in [-0.4, -0.2) is 41.5 Å². The second kappa shape index (κ2) is 7.40. The number of nitrogens with zero attached hydrogens (tertiary/aromatic N) is 2. The van der Waals surface area contributed by atoms with Crippen molar-refractivity contribution in [3.8, 4) is 0 Å². The molecule has 25 heavy (non-hydrogen) atoms. The molecular weight excluding hydrogens is 325 g/mol. The number of carbonyl (C=O) groups excluding carboxylic acids is 2. The summed E-state index contributed by atoms with van der Waals surface area (Å²) in [6.45, 7) is 0.0526. The van der Waals surface area contributed by atoms with E-state index in [-0.39, 0.29) is 25.0 Å². The molecule has 0 spiro atoms. The number of likely N-dealkylation sites (N-methyl/N-ethyl adjacent to an activating group) is 1. The fraction of sp³-hybridized carbons (Fsp3) is 0.278. The van der Waals surface area contributed by atoms with Gasteiger partial charge in [-0.05, 0) is 29.8 Å². The Hall–Kier alpha value is -2.80. The number of hydrogen-bond donors (Lipinski definition) is 1. The normalized spacial score (nSPS) is 20.4. The van der Waals surface area contributed by atoms with Crippen LogP contribution in [0.5, 0.6) is 0 Å². The smallest absolute Gasteiger partial charge is 0.252 e. The number of ether oxygens (including phenoxy) is 1. The van der Waals surface area contributed by atoms with E-state index in [0.717, 1.165) is 0 Å². The predicted molar refractivity (Wildman–Crippen MR) is 87.7 cm³/mol. The Balaban J connectivity index is 1.79. The van der Waals surface area contributed by atoms with Crippen molar-refractivity contribution >= 4 is 11.8 Å². The second-order valence-electron chi connectivity index (χ2n) is 5.77. The molecule has 0 bridgehead atoms. The molecular formula is C18H18FN3O3. The molecule has 6 nitrogen and oxygen atoms in total. The van der Waals surface area contributed by atoms with Gasteiger partial charge < -0.3 is 15.0 Å². The standard InChI is InChI=1S/C18H18FN3O3/c1-22-15(23)11-25-17(16(22)12-5-4-6-13(19)9-12)18(24)21-10-14-7-2-3-8-20-14/h2-9,16-17H,10-11H2,1H3,(H,21,24)/t16-,17+/m1/s1. The summed E-state index contributed by atoms with van der Waals surface area (Å²) < 4.78 is 19.1. The van der Waals surface area contributed by atoms with Crippen molar-refractivity contribution in [1.29, 1.82) is 0 Å². The average molecular weight is 343 g/mol. The SMILES string of the molecule is CN1C(=O)CO[C@H](C(=O)NCc2ccccn2)[C@H]1c1cccc(F)c1. The summed E-state index contributed by atoms with van der Waals surface area (Å²) in [5.74, 6) is -1.07. The molecule has 2 aromatic rings. The molecule has 2 atom stereocenters. The molecule has 1 aliphatic heterocycles. The summed E-state index contributed by atoms with van der Waals surface area (Å²) in [6, 6.07) is 10.5. The van der Waals surface area contributed by atoms with Gasteiger partial charge in [0.1, 0.15) is 12.4 Å². The summed E-state index contributed by atoms with van der Waals surface area (Å²) in [4.78, 5) is 30.1. The van der Waals surface area contributed by atoms with E-state index in [0.29, 0.717) is 11.3 Å². The van der Waals surface area contributed by atoms with Gasteiger partial charge in [-0.1, -0.05) is 18.2 Å². The van der Waals surface area contributed by atoms with Crippen molar-refractivity contribution in [2.24, 2.45) is 0 Å². The summed E-state index contributed by atoms with van der Waals surface area (Å²) in [5.41, 5.74) is 1.21. The summed E-state index contributed by atoms with van der Waals surface area (Å²) in [7, 11) is 1.58. The minimum Gasteiger partial charge on any atom is -0.356 e. The highest BCUT2D eigenvalue weighted by Crippen LogP contribution is 2.29. The Bertz CT molecular complexity index is 769.